The third kappa shape index (κ3) is 39.8. The number of nitrogens with one attached hydrogen (secondary N) is 1. The lowest BCUT2D eigenvalue weighted by atomic mass is 9.99. The summed E-state index contributed by atoms with van der Waals surface area (Å²) in [6.07, 6.45) is 56.3. The molecule has 7 atom stereocenters. The first-order valence-corrected chi connectivity index (χ1v) is 30.0. The highest BCUT2D eigenvalue weighted by atomic mass is 16.7. The van der Waals surface area contributed by atoms with E-state index in [1.165, 1.54) is 225 Å². The minimum atomic E-state index is -1.55. The molecule has 1 aliphatic rings. The topological polar surface area (TPSA) is 149 Å². The lowest BCUT2D eigenvalue weighted by Crippen LogP contribution is -2.60. The maximum absolute atomic E-state index is 13.1. The van der Waals surface area contributed by atoms with Crippen LogP contribution in [0.1, 0.15) is 296 Å². The van der Waals surface area contributed by atoms with E-state index in [2.05, 4.69) is 43.5 Å². The van der Waals surface area contributed by atoms with Gasteiger partial charge in [0.25, 0.3) is 0 Å². The number of aliphatic hydroxyl groups is 5. The largest absolute Gasteiger partial charge is 0.394 e. The van der Waals surface area contributed by atoms with Crippen LogP contribution in [0.25, 0.3) is 0 Å². The Bertz CT molecular complexity index is 1130. The van der Waals surface area contributed by atoms with Gasteiger partial charge in [0, 0.05) is 6.42 Å². The second-order valence-electron chi connectivity index (χ2n) is 21.1. The van der Waals surface area contributed by atoms with Crippen molar-refractivity contribution in [1.82, 2.24) is 5.32 Å². The Morgan fingerprint density at radius 2 is 0.855 bits per heavy atom. The summed E-state index contributed by atoms with van der Waals surface area (Å²) >= 11 is 0. The van der Waals surface area contributed by atoms with Gasteiger partial charge < -0.3 is 40.3 Å². The molecule has 0 aromatic rings. The lowest BCUT2D eigenvalue weighted by molar-refractivity contribution is -0.302. The maximum atomic E-state index is 13.1. The van der Waals surface area contributed by atoms with E-state index in [-0.39, 0.29) is 12.5 Å². The maximum Gasteiger partial charge on any atom is 0.220 e. The highest BCUT2D eigenvalue weighted by Gasteiger charge is 2.44. The van der Waals surface area contributed by atoms with Crippen molar-refractivity contribution in [2.75, 3.05) is 13.2 Å². The molecule has 0 aliphatic carbocycles. The van der Waals surface area contributed by atoms with Gasteiger partial charge in [-0.2, -0.15) is 0 Å². The smallest absolute Gasteiger partial charge is 0.220 e. The van der Waals surface area contributed by atoms with Gasteiger partial charge in [0.2, 0.25) is 5.91 Å². The molecule has 9 heteroatoms. The second-order valence-corrected chi connectivity index (χ2v) is 21.1. The van der Waals surface area contributed by atoms with Gasteiger partial charge in [0.1, 0.15) is 24.4 Å². The number of ether oxygens (including phenoxy) is 2. The molecule has 1 heterocycles. The van der Waals surface area contributed by atoms with Crippen molar-refractivity contribution in [2.45, 2.75) is 339 Å². The molecular formula is C60H115NO8. The molecule has 0 bridgehead atoms. The predicted molar refractivity (Wildman–Crippen MR) is 290 cm³/mol. The van der Waals surface area contributed by atoms with E-state index in [1.54, 1.807) is 0 Å². The first kappa shape index (κ1) is 65.7. The number of aliphatic hydroxyl groups excluding tert-OH is 5. The van der Waals surface area contributed by atoms with E-state index in [0.29, 0.717) is 12.8 Å². The van der Waals surface area contributed by atoms with E-state index in [4.69, 9.17) is 9.47 Å². The molecule has 1 amide bonds. The molecular weight excluding hydrogens is 863 g/mol. The zero-order chi connectivity index (χ0) is 50.1. The summed E-state index contributed by atoms with van der Waals surface area (Å²) in [6.45, 7) is 3.87. The van der Waals surface area contributed by atoms with Crippen LogP contribution in [-0.4, -0.2) is 87.5 Å². The highest BCUT2D eigenvalue weighted by molar-refractivity contribution is 5.76. The molecule has 7 unspecified atom stereocenters. The van der Waals surface area contributed by atoms with Crippen molar-refractivity contribution in [3.63, 3.8) is 0 Å². The summed E-state index contributed by atoms with van der Waals surface area (Å²) in [6, 6.07) is -0.719. The Morgan fingerprint density at radius 3 is 1.25 bits per heavy atom. The van der Waals surface area contributed by atoms with Gasteiger partial charge in [-0.3, -0.25) is 4.79 Å². The average molecular weight is 979 g/mol. The molecule has 0 radical (unpaired) electrons. The van der Waals surface area contributed by atoms with E-state index < -0.39 is 49.5 Å². The Labute approximate surface area is 426 Å². The number of unbranched alkanes of at least 4 members (excludes halogenated alkanes) is 38. The number of hydrogen-bond donors (Lipinski definition) is 6. The van der Waals surface area contributed by atoms with Crippen molar-refractivity contribution < 1.29 is 39.8 Å². The zero-order valence-electron chi connectivity index (χ0n) is 45.3. The van der Waals surface area contributed by atoms with Crippen LogP contribution in [0.2, 0.25) is 0 Å². The first-order chi connectivity index (χ1) is 33.8. The molecule has 408 valence electrons. The number of carbonyl (C=O) groups is 1. The van der Waals surface area contributed by atoms with Crippen LogP contribution in [0.15, 0.2) is 24.3 Å². The Morgan fingerprint density at radius 1 is 0.493 bits per heavy atom. The summed E-state index contributed by atoms with van der Waals surface area (Å²) in [4.78, 5) is 13.1. The number of rotatable bonds is 52. The van der Waals surface area contributed by atoms with Crippen LogP contribution in [0.4, 0.5) is 0 Å². The van der Waals surface area contributed by atoms with Crippen LogP contribution in [0.5, 0.6) is 0 Å². The minimum Gasteiger partial charge on any atom is -0.394 e. The molecule has 69 heavy (non-hydrogen) atoms. The van der Waals surface area contributed by atoms with Gasteiger partial charge >= 0.3 is 0 Å². The molecule has 9 nitrogen and oxygen atoms in total. The van der Waals surface area contributed by atoms with Crippen molar-refractivity contribution >= 4 is 5.91 Å². The Hall–Kier alpha value is -1.33. The monoisotopic (exact) mass is 978 g/mol. The normalized spacial score (nSPS) is 19.6. The molecule has 1 fully saturated rings. The van der Waals surface area contributed by atoms with Gasteiger partial charge in [-0.05, 0) is 44.9 Å². The standard InChI is InChI=1S/C60H115NO8/c1-3-5-7-9-11-13-15-17-19-21-23-25-27-29-31-33-35-37-39-41-43-45-47-49-54(63)53(52-68-60-59(67)58(66)57(65)55(51-62)69-60)61-56(64)50-48-46-44-42-40-38-36-34-32-30-28-26-24-22-20-18-16-14-12-10-8-6-4-2/h16,18,22,24,53-55,57-60,62-63,65-67H,3-15,17,19-21,23,25-52H2,1-2H3,(H,61,64)/b18-16-,24-22-. The van der Waals surface area contributed by atoms with Gasteiger partial charge in [0.05, 0.1) is 25.4 Å². The SMILES string of the molecule is CCCCCCC/C=C\C/C=C\CCCCCCCCCCCCCC(=O)NC(COC1OC(CO)C(O)C(O)C1O)C(O)CCCCCCCCCCCCCCCCCCCCCCCCC. The molecule has 1 saturated heterocycles. The summed E-state index contributed by atoms with van der Waals surface area (Å²) in [5, 5.41) is 54.7. The van der Waals surface area contributed by atoms with Gasteiger partial charge in [0.15, 0.2) is 6.29 Å². The fourth-order valence-electron chi connectivity index (χ4n) is 9.78. The van der Waals surface area contributed by atoms with Crippen LogP contribution >= 0.6 is 0 Å². The predicted octanol–water partition coefficient (Wildman–Crippen LogP) is 15.0. The third-order valence-corrected chi connectivity index (χ3v) is 14.6. The van der Waals surface area contributed by atoms with E-state index >= 15 is 0 Å². The minimum absolute atomic E-state index is 0.136. The summed E-state index contributed by atoms with van der Waals surface area (Å²) in [5.74, 6) is -0.142. The highest BCUT2D eigenvalue weighted by Crippen LogP contribution is 2.23. The van der Waals surface area contributed by atoms with Crippen LogP contribution < -0.4 is 5.32 Å². The van der Waals surface area contributed by atoms with Gasteiger partial charge in [-0.25, -0.2) is 0 Å². The first-order valence-electron chi connectivity index (χ1n) is 30.0. The van der Waals surface area contributed by atoms with Crippen LogP contribution in [0.3, 0.4) is 0 Å². The average Bonchev–Trinajstić information content (AvgIpc) is 3.35. The summed E-state index contributed by atoms with van der Waals surface area (Å²) in [7, 11) is 0. The number of hydrogen-bond acceptors (Lipinski definition) is 8. The fourth-order valence-corrected chi connectivity index (χ4v) is 9.78. The van der Waals surface area contributed by atoms with E-state index in [1.807, 2.05) is 0 Å². The van der Waals surface area contributed by atoms with Crippen LogP contribution in [-0.2, 0) is 14.3 Å². The quantitative estimate of drug-likeness (QED) is 0.0261. The molecule has 1 aliphatic heterocycles. The molecule has 0 aromatic carbocycles. The van der Waals surface area contributed by atoms with Gasteiger partial charge in [-0.15, -0.1) is 0 Å². The molecule has 6 N–H and O–H groups in total. The number of amides is 1. The summed E-state index contributed by atoms with van der Waals surface area (Å²) < 4.78 is 11.3. The van der Waals surface area contributed by atoms with Crippen molar-refractivity contribution in [3.8, 4) is 0 Å². The van der Waals surface area contributed by atoms with Crippen molar-refractivity contribution in [2.24, 2.45) is 0 Å². The number of carbonyl (C=O) groups excluding carboxylic acids is 1. The Balaban J connectivity index is 2.19. The van der Waals surface area contributed by atoms with E-state index in [0.717, 1.165) is 44.9 Å². The fraction of sp³-hybridized carbons (Fsp3) is 0.917. The van der Waals surface area contributed by atoms with Crippen molar-refractivity contribution in [3.05, 3.63) is 24.3 Å². The molecule has 0 aromatic heterocycles. The molecule has 0 saturated carbocycles. The van der Waals surface area contributed by atoms with Crippen LogP contribution in [0, 0.1) is 0 Å². The Kier molecular flexibility index (Phi) is 47.8. The lowest BCUT2D eigenvalue weighted by Gasteiger charge is -2.40. The van der Waals surface area contributed by atoms with Crippen molar-refractivity contribution in [1.29, 1.82) is 0 Å². The third-order valence-electron chi connectivity index (χ3n) is 14.6. The number of allylic oxidation sites excluding steroid dienone is 4. The van der Waals surface area contributed by atoms with Gasteiger partial charge in [-0.1, -0.05) is 269 Å². The summed E-state index contributed by atoms with van der Waals surface area (Å²) in [5.41, 5.74) is 0. The van der Waals surface area contributed by atoms with E-state index in [9.17, 15) is 30.3 Å². The zero-order valence-corrected chi connectivity index (χ0v) is 45.3. The molecule has 0 spiro atoms. The second kappa shape index (κ2) is 50.2. The molecule has 1 rings (SSSR count).